The van der Waals surface area contributed by atoms with E-state index in [2.05, 4.69) is 5.32 Å². The lowest BCUT2D eigenvalue weighted by atomic mass is 10.1. The van der Waals surface area contributed by atoms with Gasteiger partial charge in [0.2, 0.25) is 5.91 Å². The van der Waals surface area contributed by atoms with Gasteiger partial charge in [-0.25, -0.2) is 9.18 Å². The van der Waals surface area contributed by atoms with E-state index in [9.17, 15) is 18.8 Å². The molecule has 0 aliphatic carbocycles. The van der Waals surface area contributed by atoms with Crippen LogP contribution in [0.1, 0.15) is 24.2 Å². The molecule has 0 spiro atoms. The third-order valence-corrected chi connectivity index (χ3v) is 3.77. The van der Waals surface area contributed by atoms with Crippen LogP contribution in [0.3, 0.4) is 0 Å². The minimum atomic E-state index is -1.13. The largest absolute Gasteiger partial charge is 0.482 e. The molecule has 2 rings (SSSR count). The summed E-state index contributed by atoms with van der Waals surface area (Å²) in [6.07, 6.45) is 0. The number of nitrogens with one attached hydrogen (secondary N) is 1. The molecule has 7 nitrogen and oxygen atoms in total. The van der Waals surface area contributed by atoms with E-state index in [0.717, 1.165) is 0 Å². The van der Waals surface area contributed by atoms with E-state index in [4.69, 9.17) is 9.84 Å². The summed E-state index contributed by atoms with van der Waals surface area (Å²) in [6, 6.07) is 11.1. The van der Waals surface area contributed by atoms with Crippen molar-refractivity contribution in [2.24, 2.45) is 0 Å². The highest BCUT2D eigenvalue weighted by atomic mass is 19.1. The maximum absolute atomic E-state index is 13.0. The van der Waals surface area contributed by atoms with Crippen LogP contribution in [0.5, 0.6) is 5.75 Å². The minimum Gasteiger partial charge on any atom is -0.482 e. The van der Waals surface area contributed by atoms with Crippen molar-refractivity contribution in [2.45, 2.75) is 19.9 Å². The lowest BCUT2D eigenvalue weighted by Gasteiger charge is -2.26. The Bertz CT molecular complexity index is 852. The van der Waals surface area contributed by atoms with E-state index in [0.29, 0.717) is 5.69 Å². The highest BCUT2D eigenvalue weighted by molar-refractivity contribution is 5.99. The number of nitrogens with zero attached hydrogens (tertiary/aromatic N) is 1. The predicted molar refractivity (Wildman–Crippen MR) is 101 cm³/mol. The number of hydrogen-bond donors (Lipinski definition) is 2. The number of anilines is 1. The van der Waals surface area contributed by atoms with Crippen LogP contribution in [0, 0.1) is 5.82 Å². The lowest BCUT2D eigenvalue weighted by molar-refractivity contribution is -0.139. The summed E-state index contributed by atoms with van der Waals surface area (Å²) >= 11 is 0. The monoisotopic (exact) mass is 388 g/mol. The van der Waals surface area contributed by atoms with Gasteiger partial charge in [0, 0.05) is 17.3 Å². The van der Waals surface area contributed by atoms with Crippen LogP contribution >= 0.6 is 0 Å². The molecule has 0 unspecified atom stereocenters. The summed E-state index contributed by atoms with van der Waals surface area (Å²) in [5.74, 6) is -2.12. The predicted octanol–water partition coefficient (Wildman–Crippen LogP) is 2.78. The summed E-state index contributed by atoms with van der Waals surface area (Å²) in [5.41, 5.74) is 0.692. The number of ether oxygens (including phenoxy) is 1. The average molecular weight is 388 g/mol. The number of aliphatic carboxylic acids is 1. The highest BCUT2D eigenvalue weighted by Crippen LogP contribution is 2.17. The van der Waals surface area contributed by atoms with Crippen molar-refractivity contribution in [3.8, 4) is 5.75 Å². The highest BCUT2D eigenvalue weighted by Gasteiger charge is 2.22. The number of carbonyl (C=O) groups excluding carboxylic acids is 2. The Labute approximate surface area is 161 Å². The SMILES string of the molecule is CC(C)N(CC(=O)Nc1ccc(F)cc1)C(=O)c1cccc(OCC(=O)O)c1. The lowest BCUT2D eigenvalue weighted by Crippen LogP contribution is -2.42. The number of amides is 2. The molecule has 0 saturated carbocycles. The molecule has 0 bridgehead atoms. The zero-order valence-corrected chi connectivity index (χ0v) is 15.5. The number of carboxylic acid groups (broad SMARTS) is 1. The van der Waals surface area contributed by atoms with E-state index in [-0.39, 0.29) is 23.9 Å². The Balaban J connectivity index is 2.09. The van der Waals surface area contributed by atoms with Crippen molar-refractivity contribution in [3.05, 3.63) is 59.9 Å². The quantitative estimate of drug-likeness (QED) is 0.725. The van der Waals surface area contributed by atoms with Crippen molar-refractivity contribution in [3.63, 3.8) is 0 Å². The second-order valence-electron chi connectivity index (χ2n) is 6.29. The third-order valence-electron chi connectivity index (χ3n) is 3.77. The van der Waals surface area contributed by atoms with E-state index in [1.54, 1.807) is 32.0 Å². The minimum absolute atomic E-state index is 0.200. The van der Waals surface area contributed by atoms with Gasteiger partial charge in [0.15, 0.2) is 6.61 Å². The molecule has 2 aromatic rings. The van der Waals surface area contributed by atoms with Gasteiger partial charge < -0.3 is 20.1 Å². The molecule has 0 aliphatic rings. The van der Waals surface area contributed by atoms with Gasteiger partial charge in [0.1, 0.15) is 18.1 Å². The molecule has 0 fully saturated rings. The summed E-state index contributed by atoms with van der Waals surface area (Å²) < 4.78 is 18.0. The van der Waals surface area contributed by atoms with Gasteiger partial charge in [-0.1, -0.05) is 6.07 Å². The molecular formula is C20H21FN2O5. The topological polar surface area (TPSA) is 95.9 Å². The van der Waals surface area contributed by atoms with Gasteiger partial charge in [-0.2, -0.15) is 0 Å². The Morgan fingerprint density at radius 3 is 2.43 bits per heavy atom. The molecule has 8 heteroatoms. The molecule has 0 radical (unpaired) electrons. The van der Waals surface area contributed by atoms with Gasteiger partial charge in [0.05, 0.1) is 0 Å². The second-order valence-corrected chi connectivity index (χ2v) is 6.29. The molecule has 28 heavy (non-hydrogen) atoms. The molecule has 0 aliphatic heterocycles. The average Bonchev–Trinajstić information content (AvgIpc) is 2.66. The second kappa shape index (κ2) is 9.50. The fourth-order valence-electron chi connectivity index (χ4n) is 2.41. The fourth-order valence-corrected chi connectivity index (χ4v) is 2.41. The van der Waals surface area contributed by atoms with Crippen LogP contribution in [-0.2, 0) is 9.59 Å². The first kappa shape index (κ1) is 20.9. The summed E-state index contributed by atoms with van der Waals surface area (Å²) in [6.45, 7) is 2.82. The molecule has 0 heterocycles. The van der Waals surface area contributed by atoms with Crippen molar-refractivity contribution in [1.82, 2.24) is 4.90 Å². The molecule has 0 aromatic heterocycles. The van der Waals surface area contributed by atoms with Crippen molar-refractivity contribution in [2.75, 3.05) is 18.5 Å². The fraction of sp³-hybridized carbons (Fsp3) is 0.250. The number of benzene rings is 2. The van der Waals surface area contributed by atoms with Crippen molar-refractivity contribution < 1.29 is 28.6 Å². The molecule has 2 aromatic carbocycles. The summed E-state index contributed by atoms with van der Waals surface area (Å²) in [7, 11) is 0. The van der Waals surface area contributed by atoms with Crippen LogP contribution in [-0.4, -0.2) is 47.0 Å². The molecule has 2 N–H and O–H groups in total. The Hall–Kier alpha value is -3.42. The summed E-state index contributed by atoms with van der Waals surface area (Å²) in [4.78, 5) is 37.1. The summed E-state index contributed by atoms with van der Waals surface area (Å²) in [5, 5.41) is 11.3. The van der Waals surface area contributed by atoms with E-state index >= 15 is 0 Å². The van der Waals surface area contributed by atoms with Crippen LogP contribution in [0.25, 0.3) is 0 Å². The van der Waals surface area contributed by atoms with Gasteiger partial charge in [-0.3, -0.25) is 9.59 Å². The van der Waals surface area contributed by atoms with Crippen molar-refractivity contribution in [1.29, 1.82) is 0 Å². The molecular weight excluding hydrogens is 367 g/mol. The smallest absolute Gasteiger partial charge is 0.341 e. The first-order chi connectivity index (χ1) is 13.3. The zero-order valence-electron chi connectivity index (χ0n) is 15.5. The number of halogens is 1. The molecule has 0 saturated heterocycles. The maximum Gasteiger partial charge on any atom is 0.341 e. The molecule has 2 amide bonds. The number of hydrogen-bond acceptors (Lipinski definition) is 4. The van der Waals surface area contributed by atoms with Crippen LogP contribution in [0.15, 0.2) is 48.5 Å². The number of carboxylic acids is 1. The van der Waals surface area contributed by atoms with Gasteiger partial charge in [-0.15, -0.1) is 0 Å². The third kappa shape index (κ3) is 6.08. The normalized spacial score (nSPS) is 10.4. The van der Waals surface area contributed by atoms with Crippen LogP contribution in [0.2, 0.25) is 0 Å². The van der Waals surface area contributed by atoms with Crippen molar-refractivity contribution >= 4 is 23.5 Å². The number of carbonyl (C=O) groups is 3. The first-order valence-electron chi connectivity index (χ1n) is 8.57. The number of rotatable bonds is 8. The Morgan fingerprint density at radius 2 is 1.82 bits per heavy atom. The first-order valence-corrected chi connectivity index (χ1v) is 8.57. The van der Waals surface area contributed by atoms with Crippen LogP contribution in [0.4, 0.5) is 10.1 Å². The zero-order chi connectivity index (χ0) is 20.7. The maximum atomic E-state index is 13.0. The molecule has 0 atom stereocenters. The Morgan fingerprint density at radius 1 is 1.14 bits per heavy atom. The molecule has 148 valence electrons. The Kier molecular flexibility index (Phi) is 7.08. The van der Waals surface area contributed by atoms with Gasteiger partial charge >= 0.3 is 5.97 Å². The van der Waals surface area contributed by atoms with Crippen LogP contribution < -0.4 is 10.1 Å². The van der Waals surface area contributed by atoms with Gasteiger partial charge in [0.25, 0.3) is 5.91 Å². The van der Waals surface area contributed by atoms with Gasteiger partial charge in [-0.05, 0) is 56.3 Å². The van der Waals surface area contributed by atoms with E-state index in [1.807, 2.05) is 0 Å². The van der Waals surface area contributed by atoms with E-state index in [1.165, 1.54) is 35.2 Å². The standard InChI is InChI=1S/C20H21FN2O5/c1-13(2)23(11-18(24)22-16-8-6-15(21)7-9-16)20(27)14-4-3-5-17(10-14)28-12-19(25)26/h3-10,13H,11-12H2,1-2H3,(H,22,24)(H,25,26). The van der Waals surface area contributed by atoms with E-state index < -0.39 is 30.2 Å².